The van der Waals surface area contributed by atoms with Crippen molar-refractivity contribution in [2.75, 3.05) is 13.1 Å². The minimum absolute atomic E-state index is 0.0490. The van der Waals surface area contributed by atoms with E-state index in [1.807, 2.05) is 0 Å². The van der Waals surface area contributed by atoms with E-state index >= 15 is 0 Å². The summed E-state index contributed by atoms with van der Waals surface area (Å²) < 4.78 is 26.8. The van der Waals surface area contributed by atoms with E-state index in [0.717, 1.165) is 4.68 Å². The zero-order valence-electron chi connectivity index (χ0n) is 13.0. The fourth-order valence-electron chi connectivity index (χ4n) is 2.06. The third kappa shape index (κ3) is 4.90. The smallest absolute Gasteiger partial charge is 0.282 e. The summed E-state index contributed by atoms with van der Waals surface area (Å²) in [6.07, 6.45) is -1.64. The van der Waals surface area contributed by atoms with E-state index in [0.29, 0.717) is 5.02 Å². The number of halogens is 4. The van der Waals surface area contributed by atoms with Crippen molar-refractivity contribution in [3.63, 3.8) is 0 Å². The standard InChI is InChI=1S/C15H14Cl2F2N4O2/c1-23-7-10(12(22-23)13(18)19)15(25)21-5-4-20-14(24)9-3-2-8(16)6-11(9)17/h2-3,6-7,13H,4-5H2,1H3,(H,20,24)(H,21,25). The van der Waals surface area contributed by atoms with Crippen molar-refractivity contribution >= 4 is 35.0 Å². The Morgan fingerprint density at radius 2 is 1.76 bits per heavy atom. The number of amides is 2. The molecule has 0 atom stereocenters. The van der Waals surface area contributed by atoms with Crippen LogP contribution in [0, 0.1) is 0 Å². The maximum Gasteiger partial charge on any atom is 0.282 e. The van der Waals surface area contributed by atoms with E-state index in [9.17, 15) is 18.4 Å². The highest BCUT2D eigenvalue weighted by Gasteiger charge is 2.22. The lowest BCUT2D eigenvalue weighted by atomic mass is 10.2. The van der Waals surface area contributed by atoms with Gasteiger partial charge in [0.25, 0.3) is 18.2 Å². The molecule has 2 amide bonds. The van der Waals surface area contributed by atoms with Gasteiger partial charge in [0.1, 0.15) is 5.69 Å². The molecule has 1 aromatic carbocycles. The number of nitrogens with zero attached hydrogens (tertiary/aromatic N) is 2. The summed E-state index contributed by atoms with van der Waals surface area (Å²) in [5.41, 5.74) is -0.550. The second kappa shape index (κ2) is 8.26. The Bertz CT molecular complexity index is 796. The van der Waals surface area contributed by atoms with Gasteiger partial charge in [0.2, 0.25) is 0 Å². The first-order valence-electron chi connectivity index (χ1n) is 7.12. The predicted molar refractivity (Wildman–Crippen MR) is 89.3 cm³/mol. The number of nitrogens with one attached hydrogen (secondary N) is 2. The van der Waals surface area contributed by atoms with Crippen molar-refractivity contribution in [2.45, 2.75) is 6.43 Å². The average molecular weight is 391 g/mol. The Morgan fingerprint density at radius 1 is 1.16 bits per heavy atom. The van der Waals surface area contributed by atoms with E-state index in [1.54, 1.807) is 0 Å². The minimum Gasteiger partial charge on any atom is -0.350 e. The highest BCUT2D eigenvalue weighted by molar-refractivity contribution is 6.36. The molecule has 0 saturated carbocycles. The van der Waals surface area contributed by atoms with Gasteiger partial charge in [-0.1, -0.05) is 23.2 Å². The topological polar surface area (TPSA) is 76.0 Å². The van der Waals surface area contributed by atoms with Crippen molar-refractivity contribution in [3.8, 4) is 0 Å². The lowest BCUT2D eigenvalue weighted by molar-refractivity contribution is 0.0920. The lowest BCUT2D eigenvalue weighted by Gasteiger charge is -2.08. The van der Waals surface area contributed by atoms with E-state index in [2.05, 4.69) is 15.7 Å². The SMILES string of the molecule is Cn1cc(C(=O)NCCNC(=O)c2ccc(Cl)cc2Cl)c(C(F)F)n1. The number of benzene rings is 1. The van der Waals surface area contributed by atoms with Crippen LogP contribution in [0.3, 0.4) is 0 Å². The van der Waals surface area contributed by atoms with Crippen molar-refractivity contribution in [1.29, 1.82) is 0 Å². The van der Waals surface area contributed by atoms with Crippen molar-refractivity contribution in [3.05, 3.63) is 51.3 Å². The van der Waals surface area contributed by atoms with Gasteiger partial charge in [0.15, 0.2) is 0 Å². The van der Waals surface area contributed by atoms with Gasteiger partial charge in [0, 0.05) is 31.4 Å². The van der Waals surface area contributed by atoms with Gasteiger partial charge in [0.05, 0.1) is 16.1 Å². The average Bonchev–Trinajstić information content (AvgIpc) is 2.93. The van der Waals surface area contributed by atoms with Crippen molar-refractivity contribution < 1.29 is 18.4 Å². The van der Waals surface area contributed by atoms with Crippen LogP contribution >= 0.6 is 23.2 Å². The summed E-state index contributed by atoms with van der Waals surface area (Å²) in [5.74, 6) is -1.13. The van der Waals surface area contributed by atoms with E-state index in [-0.39, 0.29) is 29.2 Å². The quantitative estimate of drug-likeness (QED) is 0.744. The van der Waals surface area contributed by atoms with Crippen LogP contribution in [-0.2, 0) is 7.05 Å². The summed E-state index contributed by atoms with van der Waals surface area (Å²) in [6.45, 7) is 0.140. The molecule has 0 fully saturated rings. The number of aryl methyl sites for hydroxylation is 1. The largest absolute Gasteiger partial charge is 0.350 e. The van der Waals surface area contributed by atoms with Crippen LogP contribution in [0.5, 0.6) is 0 Å². The van der Waals surface area contributed by atoms with Crippen LogP contribution < -0.4 is 10.6 Å². The zero-order chi connectivity index (χ0) is 18.6. The van der Waals surface area contributed by atoms with Gasteiger partial charge >= 0.3 is 0 Å². The molecule has 0 spiro atoms. The molecular weight excluding hydrogens is 377 g/mol. The molecule has 0 radical (unpaired) electrons. The van der Waals surface area contributed by atoms with E-state index < -0.39 is 23.9 Å². The summed E-state index contributed by atoms with van der Waals surface area (Å²) in [6, 6.07) is 4.44. The molecule has 0 aliphatic carbocycles. The highest BCUT2D eigenvalue weighted by atomic mass is 35.5. The molecule has 0 aliphatic heterocycles. The maximum absolute atomic E-state index is 12.8. The third-order valence-electron chi connectivity index (χ3n) is 3.18. The van der Waals surface area contributed by atoms with E-state index in [4.69, 9.17) is 23.2 Å². The highest BCUT2D eigenvalue weighted by Crippen LogP contribution is 2.21. The first-order chi connectivity index (χ1) is 11.8. The summed E-state index contributed by atoms with van der Waals surface area (Å²) >= 11 is 11.7. The number of carbonyl (C=O) groups excluding carboxylic acids is 2. The normalized spacial score (nSPS) is 10.8. The molecule has 134 valence electrons. The third-order valence-corrected chi connectivity index (χ3v) is 3.73. The van der Waals surface area contributed by atoms with Gasteiger partial charge < -0.3 is 10.6 Å². The Labute approximate surface area is 152 Å². The second-order valence-corrected chi connectivity index (χ2v) is 5.88. The zero-order valence-corrected chi connectivity index (χ0v) is 14.5. The summed E-state index contributed by atoms with van der Waals surface area (Å²) in [5, 5.41) is 9.16. The first kappa shape index (κ1) is 19.1. The molecule has 25 heavy (non-hydrogen) atoms. The Kier molecular flexibility index (Phi) is 6.33. The molecular formula is C15H14Cl2F2N4O2. The van der Waals surface area contributed by atoms with Gasteiger partial charge in [-0.05, 0) is 18.2 Å². The van der Waals surface area contributed by atoms with Gasteiger partial charge in [-0.25, -0.2) is 8.78 Å². The minimum atomic E-state index is -2.85. The lowest BCUT2D eigenvalue weighted by Crippen LogP contribution is -2.35. The van der Waals surface area contributed by atoms with E-state index in [1.165, 1.54) is 31.4 Å². The van der Waals surface area contributed by atoms with Crippen LogP contribution in [0.2, 0.25) is 10.0 Å². The van der Waals surface area contributed by atoms with Crippen LogP contribution in [-0.4, -0.2) is 34.7 Å². The summed E-state index contributed by atoms with van der Waals surface area (Å²) in [4.78, 5) is 23.9. The fourth-order valence-corrected chi connectivity index (χ4v) is 2.55. The molecule has 2 rings (SSSR count). The fraction of sp³-hybridized carbons (Fsp3) is 0.267. The van der Waals surface area contributed by atoms with Crippen LogP contribution in [0.15, 0.2) is 24.4 Å². The molecule has 2 N–H and O–H groups in total. The molecule has 0 aliphatic rings. The number of aromatic nitrogens is 2. The second-order valence-electron chi connectivity index (χ2n) is 5.04. The van der Waals surface area contributed by atoms with Gasteiger partial charge in [-0.2, -0.15) is 5.10 Å². The Balaban J connectivity index is 1.87. The molecule has 1 heterocycles. The Morgan fingerprint density at radius 3 is 2.32 bits per heavy atom. The Hall–Kier alpha value is -2.19. The van der Waals surface area contributed by atoms with Crippen LogP contribution in [0.4, 0.5) is 8.78 Å². The van der Waals surface area contributed by atoms with Crippen LogP contribution in [0.1, 0.15) is 32.8 Å². The maximum atomic E-state index is 12.8. The van der Waals surface area contributed by atoms with Gasteiger partial charge in [-0.3, -0.25) is 14.3 Å². The van der Waals surface area contributed by atoms with Gasteiger partial charge in [-0.15, -0.1) is 0 Å². The molecule has 2 aromatic rings. The monoisotopic (exact) mass is 390 g/mol. The predicted octanol–water partition coefficient (Wildman–Crippen LogP) is 2.82. The first-order valence-corrected chi connectivity index (χ1v) is 7.88. The number of carbonyl (C=O) groups is 2. The number of alkyl halides is 2. The molecule has 1 aromatic heterocycles. The number of hydrogen-bond donors (Lipinski definition) is 2. The molecule has 6 nitrogen and oxygen atoms in total. The van der Waals surface area contributed by atoms with Crippen molar-refractivity contribution in [1.82, 2.24) is 20.4 Å². The number of rotatable bonds is 6. The molecule has 10 heteroatoms. The molecule has 0 unspecified atom stereocenters. The summed E-state index contributed by atoms with van der Waals surface area (Å²) in [7, 11) is 1.44. The molecule has 0 bridgehead atoms. The number of hydrogen-bond acceptors (Lipinski definition) is 3. The van der Waals surface area contributed by atoms with Crippen LogP contribution in [0.25, 0.3) is 0 Å². The molecule has 0 saturated heterocycles. The van der Waals surface area contributed by atoms with Crippen molar-refractivity contribution in [2.24, 2.45) is 7.05 Å².